The molecule has 0 unspecified atom stereocenters. The summed E-state index contributed by atoms with van der Waals surface area (Å²) in [6.07, 6.45) is 8.01. The SMILES string of the molecule is Cc1cc(N(CCO)C2CCCCC2)ncc1N. The summed E-state index contributed by atoms with van der Waals surface area (Å²) in [5.74, 6) is 0.947. The van der Waals surface area contributed by atoms with Crippen LogP contribution in [0, 0.1) is 6.92 Å². The number of nitrogens with zero attached hydrogens (tertiary/aromatic N) is 2. The van der Waals surface area contributed by atoms with Crippen molar-refractivity contribution in [3.8, 4) is 0 Å². The largest absolute Gasteiger partial charge is 0.397 e. The van der Waals surface area contributed by atoms with Crippen molar-refractivity contribution in [1.82, 2.24) is 4.98 Å². The summed E-state index contributed by atoms with van der Waals surface area (Å²) in [5.41, 5.74) is 7.59. The van der Waals surface area contributed by atoms with Crippen LogP contribution in [-0.2, 0) is 0 Å². The molecule has 4 heteroatoms. The molecule has 0 amide bonds. The van der Waals surface area contributed by atoms with E-state index < -0.39 is 0 Å². The lowest BCUT2D eigenvalue weighted by molar-refractivity contribution is 0.289. The van der Waals surface area contributed by atoms with Crippen LogP contribution >= 0.6 is 0 Å². The van der Waals surface area contributed by atoms with E-state index in [1.165, 1.54) is 32.1 Å². The van der Waals surface area contributed by atoms with Gasteiger partial charge in [0.05, 0.1) is 18.5 Å². The molecule has 1 heterocycles. The maximum absolute atomic E-state index is 9.26. The molecule has 18 heavy (non-hydrogen) atoms. The lowest BCUT2D eigenvalue weighted by Crippen LogP contribution is -2.39. The van der Waals surface area contributed by atoms with Gasteiger partial charge in [-0.1, -0.05) is 19.3 Å². The topological polar surface area (TPSA) is 62.4 Å². The van der Waals surface area contributed by atoms with E-state index in [2.05, 4.69) is 9.88 Å². The fourth-order valence-electron chi connectivity index (χ4n) is 2.69. The van der Waals surface area contributed by atoms with Gasteiger partial charge < -0.3 is 15.7 Å². The van der Waals surface area contributed by atoms with Crippen LogP contribution < -0.4 is 10.6 Å². The van der Waals surface area contributed by atoms with Gasteiger partial charge in [0.2, 0.25) is 0 Å². The van der Waals surface area contributed by atoms with Crippen LogP contribution in [0.4, 0.5) is 11.5 Å². The molecular weight excluding hydrogens is 226 g/mol. The number of aryl methyl sites for hydroxylation is 1. The third kappa shape index (κ3) is 2.93. The van der Waals surface area contributed by atoms with Crippen LogP contribution in [0.2, 0.25) is 0 Å². The first-order valence-corrected chi connectivity index (χ1v) is 6.82. The Kier molecular flexibility index (Phi) is 4.42. The summed E-state index contributed by atoms with van der Waals surface area (Å²) < 4.78 is 0. The second-order valence-electron chi connectivity index (χ2n) is 5.11. The molecule has 0 atom stereocenters. The molecule has 2 rings (SSSR count). The Bertz CT molecular complexity index is 389. The van der Waals surface area contributed by atoms with Gasteiger partial charge in [-0.25, -0.2) is 4.98 Å². The number of aromatic nitrogens is 1. The summed E-state index contributed by atoms with van der Waals surface area (Å²) in [7, 11) is 0. The van der Waals surface area contributed by atoms with Gasteiger partial charge in [0.25, 0.3) is 0 Å². The maximum atomic E-state index is 9.26. The highest BCUT2D eigenvalue weighted by atomic mass is 16.3. The second kappa shape index (κ2) is 6.05. The first-order chi connectivity index (χ1) is 8.72. The average molecular weight is 249 g/mol. The highest BCUT2D eigenvalue weighted by Crippen LogP contribution is 2.27. The number of hydrogen-bond donors (Lipinski definition) is 2. The zero-order valence-electron chi connectivity index (χ0n) is 11.1. The third-order valence-corrected chi connectivity index (χ3v) is 3.79. The van der Waals surface area contributed by atoms with Crippen LogP contribution in [0.15, 0.2) is 12.3 Å². The van der Waals surface area contributed by atoms with Gasteiger partial charge in [-0.2, -0.15) is 0 Å². The van der Waals surface area contributed by atoms with Crippen molar-refractivity contribution in [2.24, 2.45) is 0 Å². The molecular formula is C14H23N3O. The minimum Gasteiger partial charge on any atom is -0.397 e. The van der Waals surface area contributed by atoms with Crippen LogP contribution in [0.25, 0.3) is 0 Å². The van der Waals surface area contributed by atoms with Gasteiger partial charge in [-0.05, 0) is 31.4 Å². The molecule has 0 bridgehead atoms. The number of pyridine rings is 1. The number of nitrogens with two attached hydrogens (primary N) is 1. The normalized spacial score (nSPS) is 16.8. The third-order valence-electron chi connectivity index (χ3n) is 3.79. The predicted molar refractivity (Wildman–Crippen MR) is 74.7 cm³/mol. The predicted octanol–water partition coefficient (Wildman–Crippen LogP) is 2.10. The van der Waals surface area contributed by atoms with E-state index in [0.29, 0.717) is 12.6 Å². The fraction of sp³-hybridized carbons (Fsp3) is 0.643. The van der Waals surface area contributed by atoms with Crippen molar-refractivity contribution in [2.45, 2.75) is 45.1 Å². The van der Waals surface area contributed by atoms with Crippen molar-refractivity contribution in [1.29, 1.82) is 0 Å². The van der Waals surface area contributed by atoms with E-state index in [1.54, 1.807) is 6.20 Å². The van der Waals surface area contributed by atoms with Crippen molar-refractivity contribution in [2.75, 3.05) is 23.8 Å². The molecule has 1 aliphatic rings. The molecule has 1 fully saturated rings. The van der Waals surface area contributed by atoms with Gasteiger partial charge in [0.1, 0.15) is 5.82 Å². The Morgan fingerprint density at radius 2 is 2.11 bits per heavy atom. The molecule has 3 N–H and O–H groups in total. The smallest absolute Gasteiger partial charge is 0.129 e. The number of aliphatic hydroxyl groups is 1. The van der Waals surface area contributed by atoms with Gasteiger partial charge in [-0.3, -0.25) is 0 Å². The maximum Gasteiger partial charge on any atom is 0.129 e. The monoisotopic (exact) mass is 249 g/mol. The Balaban J connectivity index is 2.19. The summed E-state index contributed by atoms with van der Waals surface area (Å²) in [4.78, 5) is 6.66. The Morgan fingerprint density at radius 3 is 2.72 bits per heavy atom. The number of aliphatic hydroxyl groups excluding tert-OH is 1. The Morgan fingerprint density at radius 1 is 1.39 bits per heavy atom. The van der Waals surface area contributed by atoms with Crippen LogP contribution in [0.1, 0.15) is 37.7 Å². The quantitative estimate of drug-likeness (QED) is 0.858. The summed E-state index contributed by atoms with van der Waals surface area (Å²) in [6, 6.07) is 2.54. The second-order valence-corrected chi connectivity index (χ2v) is 5.11. The van der Waals surface area contributed by atoms with E-state index in [-0.39, 0.29) is 6.61 Å². The summed E-state index contributed by atoms with van der Waals surface area (Å²) >= 11 is 0. The van der Waals surface area contributed by atoms with Gasteiger partial charge >= 0.3 is 0 Å². The number of nitrogen functional groups attached to an aromatic ring is 1. The number of anilines is 2. The van der Waals surface area contributed by atoms with Crippen LogP contribution in [-0.4, -0.2) is 29.3 Å². The van der Waals surface area contributed by atoms with Crippen molar-refractivity contribution in [3.63, 3.8) is 0 Å². The van der Waals surface area contributed by atoms with E-state index in [4.69, 9.17) is 5.73 Å². The average Bonchev–Trinajstić information content (AvgIpc) is 2.40. The Hall–Kier alpha value is -1.29. The summed E-state index contributed by atoms with van der Waals surface area (Å²) in [6.45, 7) is 2.82. The molecule has 0 aromatic carbocycles. The van der Waals surface area contributed by atoms with Crippen molar-refractivity contribution < 1.29 is 5.11 Å². The molecule has 1 aromatic heterocycles. The minimum absolute atomic E-state index is 0.168. The van der Waals surface area contributed by atoms with Gasteiger partial charge in [0, 0.05) is 12.6 Å². The van der Waals surface area contributed by atoms with E-state index in [9.17, 15) is 5.11 Å². The molecule has 1 saturated carbocycles. The first kappa shape index (κ1) is 13.1. The first-order valence-electron chi connectivity index (χ1n) is 6.82. The molecule has 0 spiro atoms. The molecule has 0 radical (unpaired) electrons. The van der Waals surface area contributed by atoms with Gasteiger partial charge in [-0.15, -0.1) is 0 Å². The Labute approximate surface area is 109 Å². The van der Waals surface area contributed by atoms with Crippen molar-refractivity contribution >= 4 is 11.5 Å². The van der Waals surface area contributed by atoms with E-state index in [1.807, 2.05) is 13.0 Å². The summed E-state index contributed by atoms with van der Waals surface area (Å²) in [5, 5.41) is 9.26. The lowest BCUT2D eigenvalue weighted by Gasteiger charge is -2.35. The van der Waals surface area contributed by atoms with E-state index in [0.717, 1.165) is 17.1 Å². The zero-order chi connectivity index (χ0) is 13.0. The zero-order valence-corrected chi connectivity index (χ0v) is 11.1. The lowest BCUT2D eigenvalue weighted by atomic mass is 9.94. The van der Waals surface area contributed by atoms with E-state index >= 15 is 0 Å². The van der Waals surface area contributed by atoms with Crippen LogP contribution in [0.3, 0.4) is 0 Å². The molecule has 100 valence electrons. The molecule has 1 aromatic rings. The molecule has 4 nitrogen and oxygen atoms in total. The molecule has 0 saturated heterocycles. The molecule has 1 aliphatic carbocycles. The van der Waals surface area contributed by atoms with Crippen LogP contribution in [0.5, 0.6) is 0 Å². The molecule has 0 aliphatic heterocycles. The minimum atomic E-state index is 0.168. The highest BCUT2D eigenvalue weighted by molar-refractivity contribution is 5.52. The number of rotatable bonds is 4. The standard InChI is InChI=1S/C14H23N3O/c1-11-9-14(16-10-13(11)15)17(7-8-18)12-5-3-2-4-6-12/h9-10,12,18H,2-8,15H2,1H3. The number of hydrogen-bond acceptors (Lipinski definition) is 4. The van der Waals surface area contributed by atoms with Crippen molar-refractivity contribution in [3.05, 3.63) is 17.8 Å². The van der Waals surface area contributed by atoms with Gasteiger partial charge in [0.15, 0.2) is 0 Å². The highest BCUT2D eigenvalue weighted by Gasteiger charge is 2.22. The fourth-order valence-corrected chi connectivity index (χ4v) is 2.69.